The van der Waals surface area contributed by atoms with Crippen LogP contribution in [-0.4, -0.2) is 38.3 Å². The van der Waals surface area contributed by atoms with Crippen molar-refractivity contribution in [2.45, 2.75) is 19.8 Å². The molecule has 0 spiro atoms. The maximum Gasteiger partial charge on any atom is 0.291 e. The summed E-state index contributed by atoms with van der Waals surface area (Å²) in [5.74, 6) is -0.863. The first kappa shape index (κ1) is 25.2. The maximum absolute atomic E-state index is 14.3. The Balaban J connectivity index is 0.000000890. The van der Waals surface area contributed by atoms with Crippen molar-refractivity contribution in [2.24, 2.45) is 0 Å². The topological polar surface area (TPSA) is 113 Å². The monoisotopic (exact) mass is 466 g/mol. The number of unbranched alkanes of at least 4 members (excludes halogenated alkanes) is 1. The zero-order chi connectivity index (χ0) is 24.2. The molecule has 1 N–H and O–H groups in total. The normalized spacial score (nSPS) is 11.2. The summed E-state index contributed by atoms with van der Waals surface area (Å²) in [5.41, 5.74) is 0.664. The van der Waals surface area contributed by atoms with Crippen LogP contribution in [0.25, 0.3) is 11.5 Å². The summed E-state index contributed by atoms with van der Waals surface area (Å²) in [7, 11) is 0. The standard InChI is InChI=1S/C21H20F3N3O2.HNO3/c1-15(27-14-25-13-26-27)21(19-9-6-17(23)12-20(19)24)29-11-3-2-10-28-18-7-4-16(22)5-8-18;2-1(3)4/h4-9,12-14H,2-3,10-11H2,1H3;(H,2,3,4)/b21-15-;. The lowest BCUT2D eigenvalue weighted by molar-refractivity contribution is -0.742. The molecule has 0 saturated heterocycles. The summed E-state index contributed by atoms with van der Waals surface area (Å²) < 4.78 is 53.3. The number of allylic oxidation sites excluding steroid dienone is 1. The van der Waals surface area contributed by atoms with Gasteiger partial charge in [-0.25, -0.2) is 22.8 Å². The third-order valence-electron chi connectivity index (χ3n) is 4.13. The molecule has 0 aliphatic carbocycles. The molecule has 0 fully saturated rings. The Kier molecular flexibility index (Phi) is 9.68. The molecule has 1 heterocycles. The Hall–Kier alpha value is -4.09. The van der Waals surface area contributed by atoms with Crippen molar-refractivity contribution in [3.8, 4) is 5.75 Å². The van der Waals surface area contributed by atoms with Gasteiger partial charge in [0.25, 0.3) is 5.09 Å². The van der Waals surface area contributed by atoms with Crippen molar-refractivity contribution < 1.29 is 32.9 Å². The molecule has 0 unspecified atom stereocenters. The zero-order valence-electron chi connectivity index (χ0n) is 17.5. The van der Waals surface area contributed by atoms with E-state index in [2.05, 4.69) is 10.1 Å². The fourth-order valence-corrected chi connectivity index (χ4v) is 2.64. The van der Waals surface area contributed by atoms with E-state index in [0.717, 1.165) is 6.07 Å². The van der Waals surface area contributed by atoms with E-state index in [0.29, 0.717) is 37.5 Å². The first-order valence-electron chi connectivity index (χ1n) is 9.63. The number of nitrogens with zero attached hydrogens (tertiary/aromatic N) is 4. The Bertz CT molecular complexity index is 1060. The molecule has 0 atom stereocenters. The molecule has 0 amide bonds. The van der Waals surface area contributed by atoms with Crippen molar-refractivity contribution in [3.63, 3.8) is 0 Å². The molecule has 3 aromatic rings. The fourth-order valence-electron chi connectivity index (χ4n) is 2.64. The van der Waals surface area contributed by atoms with Crippen LogP contribution in [0.2, 0.25) is 0 Å². The van der Waals surface area contributed by atoms with Gasteiger partial charge in [0.15, 0.2) is 5.76 Å². The quantitative estimate of drug-likeness (QED) is 0.213. The van der Waals surface area contributed by atoms with Crippen LogP contribution in [0.15, 0.2) is 55.1 Å². The van der Waals surface area contributed by atoms with Gasteiger partial charge in [0.2, 0.25) is 0 Å². The molecule has 2 aromatic carbocycles. The molecule has 9 nitrogen and oxygen atoms in total. The SMILES string of the molecule is C/C(=C(/OCCCCOc1ccc(F)cc1)c1ccc(F)cc1F)n1cncn1.O=[N+]([O-])O. The highest BCUT2D eigenvalue weighted by molar-refractivity contribution is 5.77. The van der Waals surface area contributed by atoms with Gasteiger partial charge in [-0.05, 0) is 56.2 Å². The van der Waals surface area contributed by atoms with Crippen molar-refractivity contribution in [3.05, 3.63) is 88.2 Å². The number of hydrogen-bond donors (Lipinski definition) is 1. The molecule has 176 valence electrons. The second-order valence-electron chi connectivity index (χ2n) is 6.47. The summed E-state index contributed by atoms with van der Waals surface area (Å²) >= 11 is 0. The average Bonchev–Trinajstić information content (AvgIpc) is 3.29. The van der Waals surface area contributed by atoms with Gasteiger partial charge in [-0.2, -0.15) is 5.10 Å². The fraction of sp³-hybridized carbons (Fsp3) is 0.238. The van der Waals surface area contributed by atoms with Gasteiger partial charge in [-0.15, -0.1) is 10.1 Å². The van der Waals surface area contributed by atoms with Gasteiger partial charge >= 0.3 is 0 Å². The predicted octanol–water partition coefficient (Wildman–Crippen LogP) is 4.57. The minimum absolute atomic E-state index is 0.141. The van der Waals surface area contributed by atoms with Crippen LogP contribution in [0.1, 0.15) is 25.3 Å². The van der Waals surface area contributed by atoms with Crippen LogP contribution in [0, 0.1) is 27.6 Å². The highest BCUT2D eigenvalue weighted by Crippen LogP contribution is 2.26. The summed E-state index contributed by atoms with van der Waals surface area (Å²) in [5, 5.41) is 17.7. The number of benzene rings is 2. The molecule has 1 aromatic heterocycles. The molecule has 0 aliphatic rings. The molecule has 3 rings (SSSR count). The Labute approximate surface area is 186 Å². The lowest BCUT2D eigenvalue weighted by Gasteiger charge is -2.15. The first-order valence-corrected chi connectivity index (χ1v) is 9.63. The van der Waals surface area contributed by atoms with Gasteiger partial charge in [-0.1, -0.05) is 0 Å². The largest absolute Gasteiger partial charge is 0.494 e. The highest BCUT2D eigenvalue weighted by Gasteiger charge is 2.15. The smallest absolute Gasteiger partial charge is 0.291 e. The summed E-state index contributed by atoms with van der Waals surface area (Å²) in [6.07, 6.45) is 4.14. The molecular formula is C21H21F3N4O5. The van der Waals surface area contributed by atoms with Crippen molar-refractivity contribution in [1.29, 1.82) is 0 Å². The summed E-state index contributed by atoms with van der Waals surface area (Å²) in [6, 6.07) is 9.10. The van der Waals surface area contributed by atoms with Crippen molar-refractivity contribution in [1.82, 2.24) is 14.8 Å². The lowest BCUT2D eigenvalue weighted by Crippen LogP contribution is -2.06. The van der Waals surface area contributed by atoms with Crippen molar-refractivity contribution in [2.75, 3.05) is 13.2 Å². The molecule has 33 heavy (non-hydrogen) atoms. The van der Waals surface area contributed by atoms with Gasteiger partial charge < -0.3 is 14.7 Å². The summed E-state index contributed by atoms with van der Waals surface area (Å²) in [4.78, 5) is 12.2. The van der Waals surface area contributed by atoms with Crippen LogP contribution in [0.3, 0.4) is 0 Å². The molecule has 0 bridgehead atoms. The molecule has 0 aliphatic heterocycles. The van der Waals surface area contributed by atoms with Crippen LogP contribution in [0.5, 0.6) is 5.75 Å². The van der Waals surface area contributed by atoms with E-state index >= 15 is 0 Å². The minimum atomic E-state index is -1.50. The number of rotatable bonds is 9. The maximum atomic E-state index is 14.3. The molecule has 0 radical (unpaired) electrons. The highest BCUT2D eigenvalue weighted by atomic mass is 19.1. The van der Waals surface area contributed by atoms with Gasteiger partial charge in [-0.3, -0.25) is 0 Å². The summed E-state index contributed by atoms with van der Waals surface area (Å²) in [6.45, 7) is 2.44. The van der Waals surface area contributed by atoms with Crippen LogP contribution in [0.4, 0.5) is 13.2 Å². The number of hydrogen-bond acceptors (Lipinski definition) is 6. The number of ether oxygens (including phenoxy) is 2. The molecule has 12 heteroatoms. The second-order valence-corrected chi connectivity index (χ2v) is 6.47. The van der Waals surface area contributed by atoms with E-state index in [4.69, 9.17) is 24.8 Å². The zero-order valence-corrected chi connectivity index (χ0v) is 17.5. The predicted molar refractivity (Wildman–Crippen MR) is 111 cm³/mol. The third kappa shape index (κ3) is 8.51. The van der Waals surface area contributed by atoms with Gasteiger partial charge in [0, 0.05) is 6.07 Å². The molecular weight excluding hydrogens is 445 g/mol. The van der Waals surface area contributed by atoms with E-state index in [9.17, 15) is 13.2 Å². The van der Waals surface area contributed by atoms with E-state index in [1.807, 2.05) is 0 Å². The van der Waals surface area contributed by atoms with Crippen LogP contribution >= 0.6 is 0 Å². The number of halogens is 3. The van der Waals surface area contributed by atoms with Crippen LogP contribution in [-0.2, 0) is 4.74 Å². The Morgan fingerprint density at radius 2 is 1.73 bits per heavy atom. The van der Waals surface area contributed by atoms with Gasteiger partial charge in [0.05, 0.1) is 24.5 Å². The van der Waals surface area contributed by atoms with E-state index in [1.54, 1.807) is 19.1 Å². The van der Waals surface area contributed by atoms with Crippen LogP contribution < -0.4 is 4.74 Å². The number of aromatic nitrogens is 3. The average molecular weight is 466 g/mol. The minimum Gasteiger partial charge on any atom is -0.494 e. The van der Waals surface area contributed by atoms with E-state index < -0.39 is 16.7 Å². The molecule has 0 saturated carbocycles. The lowest BCUT2D eigenvalue weighted by atomic mass is 10.1. The van der Waals surface area contributed by atoms with E-state index in [-0.39, 0.29) is 17.1 Å². The first-order chi connectivity index (χ1) is 15.8. The van der Waals surface area contributed by atoms with Crippen molar-refractivity contribution >= 4 is 11.5 Å². The second kappa shape index (κ2) is 12.7. The van der Waals surface area contributed by atoms with E-state index in [1.165, 1.54) is 41.6 Å². The Morgan fingerprint density at radius 1 is 1.09 bits per heavy atom. The third-order valence-corrected chi connectivity index (χ3v) is 4.13. The van der Waals surface area contributed by atoms with Gasteiger partial charge in [0.1, 0.15) is 35.9 Å². The Morgan fingerprint density at radius 3 is 2.33 bits per heavy atom.